The molecule has 0 radical (unpaired) electrons. The number of hydrogen-bond donors (Lipinski definition) is 3. The molecule has 1 amide bonds. The zero-order valence-electron chi connectivity index (χ0n) is 9.11. The predicted molar refractivity (Wildman–Crippen MR) is 57.8 cm³/mol. The lowest BCUT2D eigenvalue weighted by atomic mass is 10.1. The predicted octanol–water partition coefficient (Wildman–Crippen LogP) is -0.539. The summed E-state index contributed by atoms with van der Waals surface area (Å²) >= 11 is 0. The Morgan fingerprint density at radius 2 is 2.33 bits per heavy atom. The molecule has 0 bridgehead atoms. The molecule has 0 aliphatic carbocycles. The van der Waals surface area contributed by atoms with Gasteiger partial charge in [0.05, 0.1) is 0 Å². The Balaban J connectivity index is 1.99. The van der Waals surface area contributed by atoms with E-state index in [0.717, 1.165) is 38.9 Å². The zero-order chi connectivity index (χ0) is 11.1. The van der Waals surface area contributed by atoms with Crippen LogP contribution in [-0.4, -0.2) is 42.2 Å². The number of hydrogen-bond acceptors (Lipinski definition) is 4. The zero-order valence-corrected chi connectivity index (χ0v) is 9.11. The number of aliphatic hydroxyl groups is 1. The minimum atomic E-state index is -0.0929. The smallest absolute Gasteiger partial charge is 0.233 e. The summed E-state index contributed by atoms with van der Waals surface area (Å²) in [6, 6.07) is 0. The van der Waals surface area contributed by atoms with Crippen LogP contribution in [0.5, 0.6) is 0 Å². The molecule has 0 aromatic heterocycles. The molecule has 0 aromatic rings. The Morgan fingerprint density at radius 3 is 2.93 bits per heavy atom. The van der Waals surface area contributed by atoms with Crippen molar-refractivity contribution in [2.24, 2.45) is 11.8 Å². The summed E-state index contributed by atoms with van der Waals surface area (Å²) in [6.07, 6.45) is 3.50. The van der Waals surface area contributed by atoms with Gasteiger partial charge in [-0.15, -0.1) is 0 Å². The van der Waals surface area contributed by atoms with Crippen LogP contribution < -0.4 is 11.3 Å². The van der Waals surface area contributed by atoms with E-state index in [1.165, 1.54) is 0 Å². The second-order valence-electron chi connectivity index (χ2n) is 4.16. The van der Waals surface area contributed by atoms with Crippen LogP contribution in [0.25, 0.3) is 0 Å². The third-order valence-electron chi connectivity index (χ3n) is 2.92. The van der Waals surface area contributed by atoms with E-state index in [4.69, 9.17) is 10.9 Å². The van der Waals surface area contributed by atoms with Crippen molar-refractivity contribution in [2.45, 2.75) is 25.7 Å². The number of likely N-dealkylation sites (tertiary alicyclic amines) is 1. The van der Waals surface area contributed by atoms with Gasteiger partial charge in [0.1, 0.15) is 0 Å². The van der Waals surface area contributed by atoms with Crippen molar-refractivity contribution in [2.75, 3.05) is 26.2 Å². The maximum absolute atomic E-state index is 10.8. The molecule has 1 heterocycles. The number of nitrogens with two attached hydrogens (primary N) is 1. The molecular weight excluding hydrogens is 194 g/mol. The van der Waals surface area contributed by atoms with E-state index in [1.807, 2.05) is 0 Å². The summed E-state index contributed by atoms with van der Waals surface area (Å²) in [5.74, 6) is 5.34. The first-order chi connectivity index (χ1) is 7.26. The topological polar surface area (TPSA) is 78.6 Å². The van der Waals surface area contributed by atoms with Crippen molar-refractivity contribution in [1.82, 2.24) is 10.3 Å². The average Bonchev–Trinajstić information content (AvgIpc) is 2.72. The third kappa shape index (κ3) is 4.59. The normalized spacial score (nSPS) is 21.9. The summed E-state index contributed by atoms with van der Waals surface area (Å²) in [5, 5.41) is 8.97. The number of rotatable bonds is 6. The van der Waals surface area contributed by atoms with Gasteiger partial charge in [-0.1, -0.05) is 0 Å². The van der Waals surface area contributed by atoms with Crippen molar-refractivity contribution >= 4 is 5.91 Å². The fraction of sp³-hybridized carbons (Fsp3) is 0.900. The number of unbranched alkanes of at least 4 members (excludes halogenated alkanes) is 1. The lowest BCUT2D eigenvalue weighted by Gasteiger charge is -2.14. The molecule has 1 rings (SSSR count). The fourth-order valence-electron chi connectivity index (χ4n) is 1.96. The molecule has 1 aliphatic heterocycles. The van der Waals surface area contributed by atoms with Crippen LogP contribution >= 0.6 is 0 Å². The van der Waals surface area contributed by atoms with Crippen LogP contribution in [-0.2, 0) is 4.79 Å². The van der Waals surface area contributed by atoms with E-state index >= 15 is 0 Å². The second kappa shape index (κ2) is 6.76. The van der Waals surface area contributed by atoms with Crippen molar-refractivity contribution in [3.8, 4) is 0 Å². The minimum Gasteiger partial charge on any atom is -0.396 e. The number of nitrogens with one attached hydrogen (secondary N) is 1. The molecule has 88 valence electrons. The highest BCUT2D eigenvalue weighted by atomic mass is 16.3. The van der Waals surface area contributed by atoms with Gasteiger partial charge in [-0.25, -0.2) is 5.84 Å². The molecule has 1 aliphatic rings. The van der Waals surface area contributed by atoms with Crippen molar-refractivity contribution in [3.63, 3.8) is 0 Å². The molecule has 4 N–H and O–H groups in total. The first kappa shape index (κ1) is 12.4. The van der Waals surface area contributed by atoms with Gasteiger partial charge in [-0.3, -0.25) is 10.2 Å². The largest absolute Gasteiger partial charge is 0.396 e. The number of amides is 1. The first-order valence-electron chi connectivity index (χ1n) is 5.59. The molecule has 5 heteroatoms. The highest BCUT2D eigenvalue weighted by molar-refractivity contribution is 5.75. The third-order valence-corrected chi connectivity index (χ3v) is 2.92. The Kier molecular flexibility index (Phi) is 5.60. The van der Waals surface area contributed by atoms with Crippen LogP contribution in [0.4, 0.5) is 0 Å². The SMILES string of the molecule is NNC(=O)CCCCN1CCC(CO)C1. The molecule has 0 aromatic carbocycles. The Hall–Kier alpha value is -0.650. The van der Waals surface area contributed by atoms with E-state index in [2.05, 4.69) is 10.3 Å². The van der Waals surface area contributed by atoms with Crippen molar-refractivity contribution < 1.29 is 9.90 Å². The van der Waals surface area contributed by atoms with Gasteiger partial charge in [0.25, 0.3) is 0 Å². The van der Waals surface area contributed by atoms with E-state index in [9.17, 15) is 4.79 Å². The minimum absolute atomic E-state index is 0.0929. The average molecular weight is 215 g/mol. The molecule has 1 atom stereocenters. The van der Waals surface area contributed by atoms with Crippen LogP contribution in [0.3, 0.4) is 0 Å². The molecule has 5 nitrogen and oxygen atoms in total. The molecular formula is C10H21N3O2. The molecule has 0 spiro atoms. The number of nitrogens with zero attached hydrogens (tertiary/aromatic N) is 1. The Morgan fingerprint density at radius 1 is 1.53 bits per heavy atom. The molecule has 1 fully saturated rings. The maximum atomic E-state index is 10.8. The van der Waals surface area contributed by atoms with Gasteiger partial charge < -0.3 is 10.0 Å². The molecule has 15 heavy (non-hydrogen) atoms. The van der Waals surface area contributed by atoms with E-state index in [0.29, 0.717) is 18.9 Å². The lowest BCUT2D eigenvalue weighted by molar-refractivity contribution is -0.121. The Bertz CT molecular complexity index is 199. The molecule has 1 saturated heterocycles. The van der Waals surface area contributed by atoms with Crippen molar-refractivity contribution in [3.05, 3.63) is 0 Å². The van der Waals surface area contributed by atoms with Gasteiger partial charge in [0.2, 0.25) is 5.91 Å². The number of hydrazine groups is 1. The highest BCUT2D eigenvalue weighted by Crippen LogP contribution is 2.15. The van der Waals surface area contributed by atoms with Gasteiger partial charge in [0, 0.05) is 19.6 Å². The summed E-state index contributed by atoms with van der Waals surface area (Å²) < 4.78 is 0. The monoisotopic (exact) mass is 215 g/mol. The van der Waals surface area contributed by atoms with Crippen molar-refractivity contribution in [1.29, 1.82) is 0 Å². The van der Waals surface area contributed by atoms with Crippen LogP contribution in [0.2, 0.25) is 0 Å². The summed E-state index contributed by atoms with van der Waals surface area (Å²) in [5.41, 5.74) is 2.12. The number of carbonyl (C=O) groups excluding carboxylic acids is 1. The van der Waals surface area contributed by atoms with E-state index in [1.54, 1.807) is 0 Å². The van der Waals surface area contributed by atoms with Gasteiger partial charge in [-0.05, 0) is 38.3 Å². The standard InChI is InChI=1S/C10H21N3O2/c11-12-10(15)3-1-2-5-13-6-4-9(7-13)8-14/h9,14H,1-8,11H2,(H,12,15). The quantitative estimate of drug-likeness (QED) is 0.241. The summed E-state index contributed by atoms with van der Waals surface area (Å²) in [6.45, 7) is 3.40. The van der Waals surface area contributed by atoms with E-state index in [-0.39, 0.29) is 5.91 Å². The molecule has 1 unspecified atom stereocenters. The Labute approximate surface area is 90.6 Å². The molecule has 0 saturated carbocycles. The van der Waals surface area contributed by atoms with Crippen LogP contribution in [0, 0.1) is 5.92 Å². The maximum Gasteiger partial charge on any atom is 0.233 e. The van der Waals surface area contributed by atoms with E-state index < -0.39 is 0 Å². The number of aliphatic hydroxyl groups excluding tert-OH is 1. The van der Waals surface area contributed by atoms with Crippen LogP contribution in [0.15, 0.2) is 0 Å². The second-order valence-corrected chi connectivity index (χ2v) is 4.16. The van der Waals surface area contributed by atoms with Gasteiger partial charge >= 0.3 is 0 Å². The number of carbonyl (C=O) groups is 1. The van der Waals surface area contributed by atoms with Gasteiger partial charge in [0.15, 0.2) is 0 Å². The van der Waals surface area contributed by atoms with Crippen LogP contribution in [0.1, 0.15) is 25.7 Å². The summed E-state index contributed by atoms with van der Waals surface area (Å²) in [7, 11) is 0. The lowest BCUT2D eigenvalue weighted by Crippen LogP contribution is -2.30. The summed E-state index contributed by atoms with van der Waals surface area (Å²) in [4.78, 5) is 13.2. The first-order valence-corrected chi connectivity index (χ1v) is 5.59. The fourth-order valence-corrected chi connectivity index (χ4v) is 1.96. The highest BCUT2D eigenvalue weighted by Gasteiger charge is 2.20. The van der Waals surface area contributed by atoms with Gasteiger partial charge in [-0.2, -0.15) is 0 Å².